The minimum absolute atomic E-state index is 0.0177. The standard InChI is InChI=1S/C22H20N2O3/c1-14-11-19(16(3)24(14)22-12-15(2)27-23-22)20(25)13-26-21-10-6-8-17-7-4-5-9-18(17)21/h4-12H,13H2,1-3H3. The number of benzene rings is 2. The van der Waals surface area contributed by atoms with Crippen molar-refractivity contribution >= 4 is 16.6 Å². The molecule has 0 unspecified atom stereocenters. The fraction of sp³-hybridized carbons (Fsp3) is 0.182. The van der Waals surface area contributed by atoms with Crippen LogP contribution in [0.1, 0.15) is 27.5 Å². The van der Waals surface area contributed by atoms with E-state index in [0.717, 1.165) is 27.9 Å². The van der Waals surface area contributed by atoms with Gasteiger partial charge in [-0.2, -0.15) is 0 Å². The van der Waals surface area contributed by atoms with Crippen LogP contribution in [0, 0.1) is 20.8 Å². The maximum absolute atomic E-state index is 12.8. The van der Waals surface area contributed by atoms with Crippen molar-refractivity contribution in [2.45, 2.75) is 20.8 Å². The van der Waals surface area contributed by atoms with Gasteiger partial charge < -0.3 is 9.26 Å². The van der Waals surface area contributed by atoms with Crippen molar-refractivity contribution in [3.8, 4) is 11.6 Å². The van der Waals surface area contributed by atoms with Gasteiger partial charge in [0, 0.05) is 28.4 Å². The van der Waals surface area contributed by atoms with Crippen LogP contribution in [-0.4, -0.2) is 22.1 Å². The maximum atomic E-state index is 12.8. The molecule has 0 radical (unpaired) electrons. The van der Waals surface area contributed by atoms with E-state index in [1.807, 2.05) is 79.9 Å². The van der Waals surface area contributed by atoms with Gasteiger partial charge in [0.15, 0.2) is 12.4 Å². The third kappa shape index (κ3) is 3.12. The fourth-order valence-electron chi connectivity index (χ4n) is 3.40. The zero-order chi connectivity index (χ0) is 19.0. The highest BCUT2D eigenvalue weighted by Gasteiger charge is 2.19. The lowest BCUT2D eigenvalue weighted by molar-refractivity contribution is 0.0922. The largest absolute Gasteiger partial charge is 0.485 e. The Morgan fingerprint density at radius 1 is 1.07 bits per heavy atom. The molecule has 0 aliphatic rings. The van der Waals surface area contributed by atoms with Crippen molar-refractivity contribution in [2.75, 3.05) is 6.61 Å². The number of aromatic nitrogens is 2. The highest BCUT2D eigenvalue weighted by Crippen LogP contribution is 2.26. The molecular formula is C22H20N2O3. The Hall–Kier alpha value is -3.34. The normalized spacial score (nSPS) is 11.1. The first kappa shape index (κ1) is 17.1. The molecule has 0 saturated heterocycles. The molecular weight excluding hydrogens is 340 g/mol. The van der Waals surface area contributed by atoms with E-state index >= 15 is 0 Å². The van der Waals surface area contributed by atoms with E-state index in [2.05, 4.69) is 5.16 Å². The van der Waals surface area contributed by atoms with Gasteiger partial charge in [-0.3, -0.25) is 9.36 Å². The molecule has 0 atom stereocenters. The summed E-state index contributed by atoms with van der Waals surface area (Å²) in [5.74, 6) is 2.05. The van der Waals surface area contributed by atoms with E-state index in [9.17, 15) is 4.79 Å². The van der Waals surface area contributed by atoms with Crippen molar-refractivity contribution in [3.63, 3.8) is 0 Å². The number of Topliss-reactive ketones (excluding diaryl/α,β-unsaturated/α-hetero) is 1. The smallest absolute Gasteiger partial charge is 0.202 e. The topological polar surface area (TPSA) is 57.3 Å². The summed E-state index contributed by atoms with van der Waals surface area (Å²) in [5, 5.41) is 6.14. The number of carbonyl (C=O) groups is 1. The van der Waals surface area contributed by atoms with Gasteiger partial charge in [-0.05, 0) is 38.3 Å². The van der Waals surface area contributed by atoms with E-state index < -0.39 is 0 Å². The molecule has 4 aromatic rings. The number of ether oxygens (including phenoxy) is 1. The zero-order valence-corrected chi connectivity index (χ0v) is 15.5. The highest BCUT2D eigenvalue weighted by atomic mass is 16.5. The second-order valence-corrected chi connectivity index (χ2v) is 6.61. The van der Waals surface area contributed by atoms with Crippen LogP contribution in [0.3, 0.4) is 0 Å². The van der Waals surface area contributed by atoms with E-state index in [1.54, 1.807) is 0 Å². The van der Waals surface area contributed by atoms with Gasteiger partial charge in [0.2, 0.25) is 5.78 Å². The molecule has 27 heavy (non-hydrogen) atoms. The Morgan fingerprint density at radius 3 is 2.63 bits per heavy atom. The molecule has 0 aliphatic carbocycles. The van der Waals surface area contributed by atoms with Gasteiger partial charge in [0.1, 0.15) is 11.5 Å². The molecule has 0 bridgehead atoms. The Balaban J connectivity index is 1.59. The van der Waals surface area contributed by atoms with Crippen molar-refractivity contribution in [1.82, 2.24) is 9.72 Å². The van der Waals surface area contributed by atoms with Crippen molar-refractivity contribution in [2.24, 2.45) is 0 Å². The molecule has 0 amide bonds. The number of nitrogens with zero attached hydrogens (tertiary/aromatic N) is 2. The summed E-state index contributed by atoms with van der Waals surface area (Å²) in [4.78, 5) is 12.8. The Kier molecular flexibility index (Phi) is 4.28. The molecule has 2 heterocycles. The monoisotopic (exact) mass is 360 g/mol. The predicted molar refractivity (Wildman–Crippen MR) is 104 cm³/mol. The van der Waals surface area contributed by atoms with Crippen molar-refractivity contribution < 1.29 is 14.1 Å². The summed E-state index contributed by atoms with van der Waals surface area (Å²) < 4.78 is 12.9. The lowest BCUT2D eigenvalue weighted by atomic mass is 10.1. The molecule has 2 aromatic carbocycles. The van der Waals surface area contributed by atoms with Crippen LogP contribution in [0.4, 0.5) is 0 Å². The van der Waals surface area contributed by atoms with E-state index in [1.165, 1.54) is 0 Å². The van der Waals surface area contributed by atoms with Crippen LogP contribution in [0.25, 0.3) is 16.6 Å². The van der Waals surface area contributed by atoms with E-state index in [-0.39, 0.29) is 12.4 Å². The second kappa shape index (κ2) is 6.76. The third-order valence-corrected chi connectivity index (χ3v) is 4.68. The average molecular weight is 360 g/mol. The third-order valence-electron chi connectivity index (χ3n) is 4.68. The van der Waals surface area contributed by atoms with Gasteiger partial charge in [0.05, 0.1) is 0 Å². The summed E-state index contributed by atoms with van der Waals surface area (Å²) in [6.07, 6.45) is 0. The first-order valence-electron chi connectivity index (χ1n) is 8.81. The van der Waals surface area contributed by atoms with Crippen LogP contribution in [0.5, 0.6) is 5.75 Å². The van der Waals surface area contributed by atoms with Gasteiger partial charge in [-0.15, -0.1) is 0 Å². The number of rotatable bonds is 5. The van der Waals surface area contributed by atoms with E-state index in [4.69, 9.17) is 9.26 Å². The molecule has 4 rings (SSSR count). The average Bonchev–Trinajstić information content (AvgIpc) is 3.22. The van der Waals surface area contributed by atoms with E-state index in [0.29, 0.717) is 17.1 Å². The Bertz CT molecular complexity index is 1130. The van der Waals surface area contributed by atoms with Crippen LogP contribution < -0.4 is 4.74 Å². The maximum Gasteiger partial charge on any atom is 0.202 e. The molecule has 136 valence electrons. The van der Waals surface area contributed by atoms with Crippen LogP contribution >= 0.6 is 0 Å². The minimum Gasteiger partial charge on any atom is -0.485 e. The molecule has 0 N–H and O–H groups in total. The first-order chi connectivity index (χ1) is 13.0. The van der Waals surface area contributed by atoms with Crippen LogP contribution in [0.15, 0.2) is 59.1 Å². The zero-order valence-electron chi connectivity index (χ0n) is 15.5. The fourth-order valence-corrected chi connectivity index (χ4v) is 3.40. The van der Waals surface area contributed by atoms with Crippen molar-refractivity contribution in [3.05, 3.63) is 77.3 Å². The summed E-state index contributed by atoms with van der Waals surface area (Å²) in [6, 6.07) is 17.5. The summed E-state index contributed by atoms with van der Waals surface area (Å²) in [7, 11) is 0. The Labute approximate surface area is 157 Å². The minimum atomic E-state index is -0.0671. The van der Waals surface area contributed by atoms with Gasteiger partial charge in [-0.25, -0.2) is 0 Å². The molecule has 0 saturated carbocycles. The molecule has 0 fully saturated rings. The second-order valence-electron chi connectivity index (χ2n) is 6.61. The summed E-state index contributed by atoms with van der Waals surface area (Å²) in [6.45, 7) is 5.67. The van der Waals surface area contributed by atoms with Crippen molar-refractivity contribution in [1.29, 1.82) is 0 Å². The number of ketones is 1. The predicted octanol–water partition coefficient (Wildman–Crippen LogP) is 4.81. The number of aryl methyl sites for hydroxylation is 2. The molecule has 2 aromatic heterocycles. The number of carbonyl (C=O) groups excluding carboxylic acids is 1. The summed E-state index contributed by atoms with van der Waals surface area (Å²) >= 11 is 0. The lowest BCUT2D eigenvalue weighted by Gasteiger charge is -2.09. The Morgan fingerprint density at radius 2 is 1.85 bits per heavy atom. The molecule has 5 nitrogen and oxygen atoms in total. The van der Waals surface area contributed by atoms with Gasteiger partial charge >= 0.3 is 0 Å². The van der Waals surface area contributed by atoms with Crippen LogP contribution in [0.2, 0.25) is 0 Å². The van der Waals surface area contributed by atoms with Gasteiger partial charge in [-0.1, -0.05) is 41.6 Å². The summed E-state index contributed by atoms with van der Waals surface area (Å²) in [5.41, 5.74) is 2.38. The molecule has 0 spiro atoms. The number of hydrogen-bond donors (Lipinski definition) is 0. The SMILES string of the molecule is Cc1cc(-n2c(C)cc(C(=O)COc3cccc4ccccc34)c2C)no1. The molecule has 5 heteroatoms. The highest BCUT2D eigenvalue weighted by molar-refractivity contribution is 5.99. The number of fused-ring (bicyclic) bond motifs is 1. The van der Waals surface area contributed by atoms with Crippen LogP contribution in [-0.2, 0) is 0 Å². The molecule has 0 aliphatic heterocycles. The first-order valence-corrected chi connectivity index (χ1v) is 8.81. The quantitative estimate of drug-likeness (QED) is 0.480. The number of hydrogen-bond acceptors (Lipinski definition) is 4. The lowest BCUT2D eigenvalue weighted by Crippen LogP contribution is -2.13. The van der Waals surface area contributed by atoms with Gasteiger partial charge in [0.25, 0.3) is 0 Å².